The molecule has 2 heterocycles. The number of amides is 1. The molecule has 1 amide bonds. The molecule has 0 spiro atoms. The minimum absolute atomic E-state index is 0.0692. The lowest BCUT2D eigenvalue weighted by Gasteiger charge is -2.25. The predicted molar refractivity (Wildman–Crippen MR) is 133 cm³/mol. The fourth-order valence-corrected chi connectivity index (χ4v) is 4.63. The summed E-state index contributed by atoms with van der Waals surface area (Å²) in [5, 5.41) is 0.419. The number of hydrogen-bond acceptors (Lipinski definition) is 6. The number of ether oxygens (including phenoxy) is 3. The van der Waals surface area contributed by atoms with E-state index in [2.05, 4.69) is 22.9 Å². The van der Waals surface area contributed by atoms with Gasteiger partial charge in [0.2, 0.25) is 5.76 Å². The second kappa shape index (κ2) is 10.6. The van der Waals surface area contributed by atoms with Crippen molar-refractivity contribution in [2.45, 2.75) is 32.2 Å². The second-order valence-corrected chi connectivity index (χ2v) is 9.09. The van der Waals surface area contributed by atoms with Crippen LogP contribution in [0.25, 0.3) is 11.0 Å². The summed E-state index contributed by atoms with van der Waals surface area (Å²) in [5.41, 5.74) is 1.21. The molecule has 1 aliphatic rings. The summed E-state index contributed by atoms with van der Waals surface area (Å²) in [6.45, 7) is 3.37. The van der Waals surface area contributed by atoms with Crippen molar-refractivity contribution in [3.05, 3.63) is 68.0 Å². The third-order valence-electron chi connectivity index (χ3n) is 5.97. The highest BCUT2D eigenvalue weighted by Gasteiger charge is 2.42. The van der Waals surface area contributed by atoms with Crippen LogP contribution in [0.2, 0.25) is 0 Å². The van der Waals surface area contributed by atoms with Crippen LogP contribution in [0.3, 0.4) is 0 Å². The standard InChI is InChI=1S/C26H28BrNO6/c1-4-5-6-12-33-20-9-7-16(14-21(20)32-3)23-22-24(29)18-15-17(27)8-10-19(18)34-25(22)26(30)28(23)11-13-31-2/h7-10,14-15,23H,4-6,11-13H2,1-3H3. The molecular weight excluding hydrogens is 502 g/mol. The number of benzene rings is 2. The Hall–Kier alpha value is -2.84. The molecule has 1 atom stereocenters. The molecule has 4 rings (SSSR count). The Balaban J connectivity index is 1.81. The molecule has 0 saturated carbocycles. The number of methoxy groups -OCH3 is 2. The average Bonchev–Trinajstić information content (AvgIpc) is 3.12. The molecule has 0 saturated heterocycles. The van der Waals surface area contributed by atoms with Gasteiger partial charge < -0.3 is 23.5 Å². The highest BCUT2D eigenvalue weighted by molar-refractivity contribution is 9.10. The zero-order chi connectivity index (χ0) is 24.2. The molecule has 180 valence electrons. The van der Waals surface area contributed by atoms with Crippen molar-refractivity contribution in [2.24, 2.45) is 0 Å². The Labute approximate surface area is 206 Å². The molecule has 8 heteroatoms. The van der Waals surface area contributed by atoms with E-state index in [0.29, 0.717) is 47.8 Å². The quantitative estimate of drug-likeness (QED) is 0.330. The number of unbranched alkanes of at least 4 members (excludes halogenated alkanes) is 2. The molecule has 0 radical (unpaired) electrons. The van der Waals surface area contributed by atoms with Gasteiger partial charge in [-0.05, 0) is 42.3 Å². The van der Waals surface area contributed by atoms with E-state index in [9.17, 15) is 9.59 Å². The van der Waals surface area contributed by atoms with Crippen LogP contribution in [0, 0.1) is 0 Å². The van der Waals surface area contributed by atoms with Crippen LogP contribution >= 0.6 is 15.9 Å². The number of carbonyl (C=O) groups is 1. The Morgan fingerprint density at radius 3 is 2.59 bits per heavy atom. The van der Waals surface area contributed by atoms with Gasteiger partial charge in [-0.3, -0.25) is 9.59 Å². The van der Waals surface area contributed by atoms with Crippen LogP contribution < -0.4 is 14.9 Å². The van der Waals surface area contributed by atoms with E-state index in [1.165, 1.54) is 0 Å². The Morgan fingerprint density at radius 1 is 1.03 bits per heavy atom. The maximum Gasteiger partial charge on any atom is 0.290 e. The molecule has 0 fully saturated rings. The average molecular weight is 530 g/mol. The third kappa shape index (κ3) is 4.57. The largest absolute Gasteiger partial charge is 0.493 e. The fourth-order valence-electron chi connectivity index (χ4n) is 4.27. The van der Waals surface area contributed by atoms with Crippen molar-refractivity contribution >= 4 is 32.8 Å². The van der Waals surface area contributed by atoms with E-state index < -0.39 is 6.04 Å². The van der Waals surface area contributed by atoms with Crippen molar-refractivity contribution in [1.82, 2.24) is 4.90 Å². The van der Waals surface area contributed by atoms with Crippen LogP contribution in [0.5, 0.6) is 11.5 Å². The predicted octanol–water partition coefficient (Wildman–Crippen LogP) is 5.32. The summed E-state index contributed by atoms with van der Waals surface area (Å²) in [6.07, 6.45) is 3.16. The van der Waals surface area contributed by atoms with Crippen molar-refractivity contribution in [1.29, 1.82) is 0 Å². The third-order valence-corrected chi connectivity index (χ3v) is 6.47. The number of carbonyl (C=O) groups excluding carboxylic acids is 1. The van der Waals surface area contributed by atoms with Crippen molar-refractivity contribution in [3.63, 3.8) is 0 Å². The van der Waals surface area contributed by atoms with Gasteiger partial charge in [0.15, 0.2) is 16.9 Å². The minimum atomic E-state index is -0.625. The van der Waals surface area contributed by atoms with Gasteiger partial charge in [0.05, 0.1) is 37.3 Å². The summed E-state index contributed by atoms with van der Waals surface area (Å²) in [7, 11) is 3.15. The molecule has 1 aliphatic heterocycles. The van der Waals surface area contributed by atoms with Crippen molar-refractivity contribution in [2.75, 3.05) is 34.0 Å². The number of fused-ring (bicyclic) bond motifs is 2. The van der Waals surface area contributed by atoms with E-state index in [1.807, 2.05) is 18.2 Å². The topological polar surface area (TPSA) is 78.2 Å². The SMILES string of the molecule is CCCCCOc1ccc(C2c3c(oc4ccc(Br)cc4c3=O)C(=O)N2CCOC)cc1OC. The van der Waals surface area contributed by atoms with Crippen molar-refractivity contribution < 1.29 is 23.4 Å². The first kappa shape index (κ1) is 24.3. The van der Waals surface area contributed by atoms with Crippen molar-refractivity contribution in [3.8, 4) is 11.5 Å². The van der Waals surface area contributed by atoms with Gasteiger partial charge in [0, 0.05) is 18.1 Å². The molecule has 1 unspecified atom stereocenters. The van der Waals surface area contributed by atoms with E-state index in [4.69, 9.17) is 18.6 Å². The van der Waals surface area contributed by atoms with Crippen LogP contribution in [0.4, 0.5) is 0 Å². The molecule has 3 aromatic rings. The highest BCUT2D eigenvalue weighted by Crippen LogP contribution is 2.41. The fraction of sp³-hybridized carbons (Fsp3) is 0.385. The minimum Gasteiger partial charge on any atom is -0.493 e. The zero-order valence-corrected chi connectivity index (χ0v) is 21.1. The number of nitrogens with zero attached hydrogens (tertiary/aromatic N) is 1. The van der Waals surface area contributed by atoms with E-state index in [0.717, 1.165) is 29.3 Å². The normalized spacial score (nSPS) is 15.1. The smallest absolute Gasteiger partial charge is 0.290 e. The summed E-state index contributed by atoms with van der Waals surface area (Å²) in [6, 6.07) is 10.1. The lowest BCUT2D eigenvalue weighted by molar-refractivity contribution is 0.0663. The lowest BCUT2D eigenvalue weighted by Crippen LogP contribution is -2.32. The Bertz CT molecular complexity index is 1250. The molecule has 7 nitrogen and oxygen atoms in total. The van der Waals surface area contributed by atoms with E-state index in [-0.39, 0.29) is 17.1 Å². The van der Waals surface area contributed by atoms with E-state index in [1.54, 1.807) is 37.3 Å². The van der Waals surface area contributed by atoms with Gasteiger partial charge in [-0.1, -0.05) is 41.8 Å². The molecule has 0 bridgehead atoms. The van der Waals surface area contributed by atoms with Gasteiger partial charge >= 0.3 is 0 Å². The Morgan fingerprint density at radius 2 is 1.85 bits per heavy atom. The molecule has 34 heavy (non-hydrogen) atoms. The monoisotopic (exact) mass is 529 g/mol. The Kier molecular flexibility index (Phi) is 7.58. The summed E-state index contributed by atoms with van der Waals surface area (Å²) < 4.78 is 23.5. The number of rotatable bonds is 10. The van der Waals surface area contributed by atoms with Gasteiger partial charge in [0.1, 0.15) is 5.58 Å². The molecular formula is C26H28BrNO6. The summed E-state index contributed by atoms with van der Waals surface area (Å²) in [5.74, 6) is 0.914. The van der Waals surface area contributed by atoms with Crippen LogP contribution in [-0.2, 0) is 4.74 Å². The second-order valence-electron chi connectivity index (χ2n) is 8.17. The zero-order valence-electron chi connectivity index (χ0n) is 19.6. The molecule has 0 aliphatic carbocycles. The lowest BCUT2D eigenvalue weighted by atomic mass is 9.98. The highest BCUT2D eigenvalue weighted by atomic mass is 79.9. The van der Waals surface area contributed by atoms with Gasteiger partial charge in [-0.2, -0.15) is 0 Å². The van der Waals surface area contributed by atoms with Crippen LogP contribution in [-0.4, -0.2) is 44.8 Å². The maximum atomic E-state index is 13.6. The summed E-state index contributed by atoms with van der Waals surface area (Å²) in [4.78, 5) is 28.6. The maximum absolute atomic E-state index is 13.6. The number of halogens is 1. The van der Waals surface area contributed by atoms with E-state index >= 15 is 0 Å². The van der Waals surface area contributed by atoms with Gasteiger partial charge in [-0.25, -0.2) is 0 Å². The van der Waals surface area contributed by atoms with Crippen LogP contribution in [0.15, 0.2) is 50.1 Å². The summed E-state index contributed by atoms with van der Waals surface area (Å²) >= 11 is 3.42. The first-order valence-corrected chi connectivity index (χ1v) is 12.2. The van der Waals surface area contributed by atoms with Gasteiger partial charge in [-0.15, -0.1) is 0 Å². The first-order valence-electron chi connectivity index (χ1n) is 11.4. The molecule has 2 aromatic carbocycles. The number of hydrogen-bond donors (Lipinski definition) is 0. The molecule has 0 N–H and O–H groups in total. The first-order chi connectivity index (χ1) is 16.5. The molecule has 1 aromatic heterocycles. The van der Waals surface area contributed by atoms with Gasteiger partial charge in [0.25, 0.3) is 5.91 Å². The van der Waals surface area contributed by atoms with Crippen LogP contribution in [0.1, 0.15) is 53.9 Å².